The Bertz CT molecular complexity index is 1820. The van der Waals surface area contributed by atoms with Crippen molar-refractivity contribution < 1.29 is 28.7 Å². The summed E-state index contributed by atoms with van der Waals surface area (Å²) in [5, 5.41) is 4.29. The van der Waals surface area contributed by atoms with Gasteiger partial charge in [0, 0.05) is 87.5 Å². The molecule has 7 rings (SSSR count). The molecule has 0 unspecified atom stereocenters. The van der Waals surface area contributed by atoms with Gasteiger partial charge in [0.15, 0.2) is 0 Å². The Morgan fingerprint density at radius 2 is 1.23 bits per heavy atom. The number of carbonyl (C=O) groups excluding carboxylic acids is 4. The highest BCUT2D eigenvalue weighted by Gasteiger charge is 2.43. The largest absolute Gasteiger partial charge is 0.383 e. The minimum absolute atomic E-state index is 0.249. The van der Waals surface area contributed by atoms with E-state index in [1.165, 1.54) is 22.6 Å². The van der Waals surface area contributed by atoms with Crippen LogP contribution in [-0.4, -0.2) is 153 Å². The maximum absolute atomic E-state index is 14.6. The van der Waals surface area contributed by atoms with Gasteiger partial charge in [-0.15, -0.1) is 0 Å². The van der Waals surface area contributed by atoms with Gasteiger partial charge >= 0.3 is 0 Å². The van der Waals surface area contributed by atoms with Crippen molar-refractivity contribution in [2.75, 3.05) is 110 Å². The highest BCUT2D eigenvalue weighted by atomic mass is 16.5. The van der Waals surface area contributed by atoms with E-state index >= 15 is 0 Å². The molecule has 0 spiro atoms. The van der Waals surface area contributed by atoms with Crippen LogP contribution in [0.5, 0.6) is 0 Å². The molecule has 0 atom stereocenters. The van der Waals surface area contributed by atoms with Crippen LogP contribution in [0.2, 0.25) is 0 Å². The minimum atomic E-state index is -0.411. The van der Waals surface area contributed by atoms with Crippen molar-refractivity contribution in [1.29, 1.82) is 0 Å². The third kappa shape index (κ3) is 7.61. The van der Waals surface area contributed by atoms with E-state index < -0.39 is 23.6 Å². The van der Waals surface area contributed by atoms with Crippen molar-refractivity contribution in [1.82, 2.24) is 24.5 Å². The lowest BCUT2D eigenvalue weighted by molar-refractivity contribution is 0.0351. The van der Waals surface area contributed by atoms with Crippen molar-refractivity contribution in [3.05, 3.63) is 70.8 Å². The van der Waals surface area contributed by atoms with Gasteiger partial charge in [-0.3, -0.25) is 38.8 Å². The van der Waals surface area contributed by atoms with Crippen molar-refractivity contribution in [3.8, 4) is 0 Å². The summed E-state index contributed by atoms with van der Waals surface area (Å²) in [6.07, 6.45) is 10.8. The van der Waals surface area contributed by atoms with Crippen molar-refractivity contribution in [3.63, 3.8) is 0 Å². The number of allylic oxidation sites excluding steroid dienone is 5. The average molecular weight is 725 g/mol. The summed E-state index contributed by atoms with van der Waals surface area (Å²) >= 11 is 0. The van der Waals surface area contributed by atoms with E-state index in [2.05, 4.69) is 26.6 Å². The lowest BCUT2D eigenvalue weighted by Gasteiger charge is -2.35. The predicted molar refractivity (Wildman–Crippen MR) is 206 cm³/mol. The SMILES string of the molecule is C=C/C=C\C(=C/C)c1cc2c3c(c(NCCN4CCCC4)cc4c3c1C(=O)N(CCCN1CCOCC1)C4=O)C(=O)N(CCCN1CCOCC1)C2=O. The number of nitrogens with zero attached hydrogens (tertiary/aromatic N) is 5. The Labute approximate surface area is 312 Å². The maximum atomic E-state index is 14.6. The topological polar surface area (TPSA) is 115 Å². The van der Waals surface area contributed by atoms with Gasteiger partial charge in [-0.1, -0.05) is 30.9 Å². The van der Waals surface area contributed by atoms with Gasteiger partial charge in [-0.2, -0.15) is 0 Å². The molecule has 5 aliphatic rings. The van der Waals surface area contributed by atoms with Gasteiger partial charge in [0.1, 0.15) is 0 Å². The van der Waals surface area contributed by atoms with E-state index in [0.717, 1.165) is 64.5 Å². The van der Waals surface area contributed by atoms with Crippen LogP contribution in [0, 0.1) is 0 Å². The third-order valence-corrected chi connectivity index (χ3v) is 11.2. The third-order valence-electron chi connectivity index (χ3n) is 11.2. The van der Waals surface area contributed by atoms with Gasteiger partial charge in [0.05, 0.1) is 43.1 Å². The number of imide groups is 2. The van der Waals surface area contributed by atoms with Gasteiger partial charge in [0.2, 0.25) is 0 Å². The lowest BCUT2D eigenvalue weighted by Crippen LogP contribution is -2.46. The van der Waals surface area contributed by atoms with Gasteiger partial charge in [0.25, 0.3) is 23.6 Å². The van der Waals surface area contributed by atoms with E-state index in [4.69, 9.17) is 9.47 Å². The van der Waals surface area contributed by atoms with Crippen LogP contribution in [0.4, 0.5) is 5.69 Å². The van der Waals surface area contributed by atoms with Crippen LogP contribution in [0.25, 0.3) is 16.3 Å². The number of likely N-dealkylation sites (tertiary alicyclic amines) is 1. The number of benzene rings is 2. The summed E-state index contributed by atoms with van der Waals surface area (Å²) in [4.78, 5) is 67.9. The first-order valence-electron chi connectivity index (χ1n) is 19.3. The smallest absolute Gasteiger partial charge is 0.263 e. The second kappa shape index (κ2) is 16.9. The number of amides is 4. The highest BCUT2D eigenvalue weighted by molar-refractivity contribution is 6.36. The first-order chi connectivity index (χ1) is 25.9. The van der Waals surface area contributed by atoms with E-state index in [9.17, 15) is 19.2 Å². The normalized spacial score (nSPS) is 20.4. The number of hydrogen-bond acceptors (Lipinski definition) is 10. The van der Waals surface area contributed by atoms with Gasteiger partial charge in [-0.25, -0.2) is 0 Å². The molecule has 0 saturated carbocycles. The molecule has 12 nitrogen and oxygen atoms in total. The van der Waals surface area contributed by atoms with Crippen LogP contribution in [-0.2, 0) is 9.47 Å². The molecule has 0 bridgehead atoms. The summed E-state index contributed by atoms with van der Waals surface area (Å²) in [7, 11) is 0. The molecule has 2 aromatic carbocycles. The van der Waals surface area contributed by atoms with Crippen LogP contribution in [0.1, 0.15) is 79.6 Å². The molecule has 0 aromatic heterocycles. The molecule has 3 fully saturated rings. The highest BCUT2D eigenvalue weighted by Crippen LogP contribution is 2.44. The molecule has 5 aliphatic heterocycles. The number of rotatable bonds is 15. The monoisotopic (exact) mass is 724 g/mol. The molecule has 1 N–H and O–H groups in total. The van der Waals surface area contributed by atoms with Crippen molar-refractivity contribution in [2.45, 2.75) is 32.6 Å². The fourth-order valence-electron chi connectivity index (χ4n) is 8.36. The Kier molecular flexibility index (Phi) is 11.8. The second-order valence-electron chi connectivity index (χ2n) is 14.4. The number of ether oxygens (including phenoxy) is 2. The first kappa shape index (κ1) is 37.1. The Morgan fingerprint density at radius 1 is 0.698 bits per heavy atom. The fourth-order valence-corrected chi connectivity index (χ4v) is 8.36. The maximum Gasteiger partial charge on any atom is 0.263 e. The summed E-state index contributed by atoms with van der Waals surface area (Å²) < 4.78 is 11.0. The molecule has 53 heavy (non-hydrogen) atoms. The van der Waals surface area contributed by atoms with E-state index in [1.54, 1.807) is 24.3 Å². The molecule has 12 heteroatoms. The summed E-state index contributed by atoms with van der Waals surface area (Å²) in [5.41, 5.74) is 3.16. The number of carbonyl (C=O) groups is 4. The molecular formula is C41H52N6O6. The molecule has 282 valence electrons. The molecule has 3 saturated heterocycles. The van der Waals surface area contributed by atoms with Crippen LogP contribution < -0.4 is 5.32 Å². The van der Waals surface area contributed by atoms with E-state index in [0.29, 0.717) is 90.1 Å². The number of hydrogen-bond donors (Lipinski definition) is 1. The molecule has 0 aliphatic carbocycles. The van der Waals surface area contributed by atoms with Crippen LogP contribution >= 0.6 is 0 Å². The van der Waals surface area contributed by atoms with Gasteiger partial charge < -0.3 is 19.7 Å². The molecule has 5 heterocycles. The Morgan fingerprint density at radius 3 is 1.79 bits per heavy atom. The Hall–Kier alpha value is -4.20. The fraction of sp³-hybridized carbons (Fsp3) is 0.512. The number of morpholine rings is 2. The zero-order chi connectivity index (χ0) is 36.9. The molecule has 4 amide bonds. The van der Waals surface area contributed by atoms with Crippen molar-refractivity contribution >= 4 is 45.7 Å². The number of anilines is 1. The molecule has 0 radical (unpaired) electrons. The van der Waals surface area contributed by atoms with E-state index in [1.807, 2.05) is 19.1 Å². The molecule has 2 aromatic rings. The van der Waals surface area contributed by atoms with Crippen LogP contribution in [0.3, 0.4) is 0 Å². The quantitative estimate of drug-likeness (QED) is 0.213. The summed E-state index contributed by atoms with van der Waals surface area (Å²) in [6, 6.07) is 3.53. The first-order valence-corrected chi connectivity index (χ1v) is 19.3. The van der Waals surface area contributed by atoms with Gasteiger partial charge in [-0.05, 0) is 69.0 Å². The molecular weight excluding hydrogens is 672 g/mol. The van der Waals surface area contributed by atoms with Crippen LogP contribution in [0.15, 0.2) is 43.0 Å². The van der Waals surface area contributed by atoms with E-state index in [-0.39, 0.29) is 13.1 Å². The zero-order valence-corrected chi connectivity index (χ0v) is 31.0. The summed E-state index contributed by atoms with van der Waals surface area (Å²) in [6.45, 7) is 17.1. The number of nitrogens with one attached hydrogen (secondary N) is 1. The lowest BCUT2D eigenvalue weighted by atomic mass is 9.80. The average Bonchev–Trinajstić information content (AvgIpc) is 3.70. The minimum Gasteiger partial charge on any atom is -0.383 e. The Balaban J connectivity index is 1.32. The summed E-state index contributed by atoms with van der Waals surface area (Å²) in [5.74, 6) is -1.62. The van der Waals surface area contributed by atoms with Crippen molar-refractivity contribution in [2.24, 2.45) is 0 Å². The second-order valence-corrected chi connectivity index (χ2v) is 14.4. The predicted octanol–water partition coefficient (Wildman–Crippen LogP) is 4.13. The standard InChI is InChI=1S/C41H52N6O6/c1-3-5-10-29(4-2)30-27-31-35-34-32(39(49)46(40(50)36(30)34)16-8-14-44-19-23-52-24-20-44)28-33(42-11-18-43-12-6-7-13-43)37(35)41(51)47(38(31)48)17-9-15-45-21-25-53-26-22-45/h3-5,10,27-28,42H,1,6-9,11-26H2,2H3/b10-5-,29-4+. The zero-order valence-electron chi connectivity index (χ0n) is 31.0.